The quantitative estimate of drug-likeness (QED) is 0.699. The molecule has 0 radical (unpaired) electrons. The molecule has 1 heterocycles. The van der Waals surface area contributed by atoms with Crippen molar-refractivity contribution < 1.29 is 9.18 Å². The molecule has 0 spiro atoms. The average Bonchev–Trinajstić information content (AvgIpc) is 2.93. The molecule has 3 rings (SSSR count). The minimum absolute atomic E-state index is 0.0703. The summed E-state index contributed by atoms with van der Waals surface area (Å²) in [5.41, 5.74) is 2.47. The molecule has 1 saturated heterocycles. The summed E-state index contributed by atoms with van der Waals surface area (Å²) in [5.74, 6) is 0.0162. The molecular formula is C16H12FN3OS. The number of benzene rings is 2. The first-order valence-corrected chi connectivity index (χ1v) is 7.59. The van der Waals surface area contributed by atoms with Crippen LogP contribution in [0.1, 0.15) is 5.56 Å². The van der Waals surface area contributed by atoms with Crippen molar-refractivity contribution in [2.24, 2.45) is 10.2 Å². The number of carbonyl (C=O) groups is 1. The molecule has 1 fully saturated rings. The van der Waals surface area contributed by atoms with Gasteiger partial charge in [-0.25, -0.2) is 4.39 Å². The molecule has 4 nitrogen and oxygen atoms in total. The molecule has 1 aliphatic rings. The van der Waals surface area contributed by atoms with E-state index in [1.807, 2.05) is 30.3 Å². The van der Waals surface area contributed by atoms with E-state index in [4.69, 9.17) is 0 Å². The summed E-state index contributed by atoms with van der Waals surface area (Å²) in [6.45, 7) is 0. The van der Waals surface area contributed by atoms with E-state index < -0.39 is 0 Å². The van der Waals surface area contributed by atoms with Crippen molar-refractivity contribution >= 4 is 29.1 Å². The van der Waals surface area contributed by atoms with Crippen molar-refractivity contribution in [3.05, 3.63) is 59.9 Å². The largest absolute Gasteiger partial charge is 0.303 e. The fourth-order valence-corrected chi connectivity index (χ4v) is 2.68. The Morgan fingerprint density at radius 2 is 2.05 bits per heavy atom. The van der Waals surface area contributed by atoms with Crippen LogP contribution in [0.3, 0.4) is 0 Å². The van der Waals surface area contributed by atoms with Gasteiger partial charge in [0.2, 0.25) is 5.91 Å². The highest BCUT2D eigenvalue weighted by atomic mass is 32.2. The van der Waals surface area contributed by atoms with Crippen LogP contribution in [0.2, 0.25) is 0 Å². The number of halogens is 1. The Labute approximate surface area is 131 Å². The first-order valence-electron chi connectivity index (χ1n) is 6.61. The molecular weight excluding hydrogens is 301 g/mol. The van der Waals surface area contributed by atoms with Crippen LogP contribution in [0.5, 0.6) is 0 Å². The number of hydrogen-bond acceptors (Lipinski definition) is 4. The summed E-state index contributed by atoms with van der Waals surface area (Å²) >= 11 is 1.31. The Bertz CT molecular complexity index is 773. The molecule has 0 aliphatic carbocycles. The van der Waals surface area contributed by atoms with Gasteiger partial charge in [0.25, 0.3) is 0 Å². The highest BCUT2D eigenvalue weighted by molar-refractivity contribution is 8.15. The number of hydrogen-bond donors (Lipinski definition) is 1. The Kier molecular flexibility index (Phi) is 4.29. The maximum atomic E-state index is 13.4. The van der Waals surface area contributed by atoms with Gasteiger partial charge in [-0.2, -0.15) is 5.10 Å². The molecule has 2 aromatic rings. The molecule has 0 saturated carbocycles. The Balaban J connectivity index is 1.87. The maximum absolute atomic E-state index is 13.4. The zero-order chi connectivity index (χ0) is 15.4. The SMILES string of the molecule is O=C1CSC(=NN=Cc2ccccc2-c2cccc(F)c2)N1. The van der Waals surface area contributed by atoms with E-state index in [0.717, 1.165) is 16.7 Å². The fraction of sp³-hybridized carbons (Fsp3) is 0.0625. The van der Waals surface area contributed by atoms with Gasteiger partial charge >= 0.3 is 0 Å². The minimum Gasteiger partial charge on any atom is -0.303 e. The van der Waals surface area contributed by atoms with Gasteiger partial charge in [-0.05, 0) is 23.3 Å². The third kappa shape index (κ3) is 3.40. The zero-order valence-electron chi connectivity index (χ0n) is 11.5. The van der Waals surface area contributed by atoms with E-state index in [-0.39, 0.29) is 11.7 Å². The van der Waals surface area contributed by atoms with Gasteiger partial charge in [0.05, 0.1) is 12.0 Å². The number of rotatable bonds is 3. The maximum Gasteiger partial charge on any atom is 0.236 e. The van der Waals surface area contributed by atoms with Crippen molar-refractivity contribution in [1.82, 2.24) is 5.32 Å². The predicted octanol–water partition coefficient (Wildman–Crippen LogP) is 3.05. The minimum atomic E-state index is -0.283. The molecule has 0 atom stereocenters. The van der Waals surface area contributed by atoms with E-state index in [2.05, 4.69) is 15.5 Å². The monoisotopic (exact) mass is 313 g/mol. The van der Waals surface area contributed by atoms with Gasteiger partial charge in [0.1, 0.15) is 5.82 Å². The lowest BCUT2D eigenvalue weighted by Crippen LogP contribution is -2.19. The van der Waals surface area contributed by atoms with Crippen LogP contribution in [0, 0.1) is 5.82 Å². The topological polar surface area (TPSA) is 53.8 Å². The number of nitrogens with zero attached hydrogens (tertiary/aromatic N) is 2. The molecule has 1 amide bonds. The summed E-state index contributed by atoms with van der Waals surface area (Å²) in [4.78, 5) is 11.1. The molecule has 110 valence electrons. The summed E-state index contributed by atoms with van der Waals surface area (Å²) in [5, 5.41) is 11.1. The standard InChI is InChI=1S/C16H12FN3OS/c17-13-6-3-5-11(8-13)14-7-2-1-4-12(14)9-18-20-16-19-15(21)10-22-16/h1-9H,10H2,(H,19,20,21). The van der Waals surface area contributed by atoms with Gasteiger partial charge in [-0.3, -0.25) is 4.79 Å². The lowest BCUT2D eigenvalue weighted by Gasteiger charge is -2.05. The van der Waals surface area contributed by atoms with Gasteiger partial charge in [-0.15, -0.1) is 5.10 Å². The number of amides is 1. The first-order chi connectivity index (χ1) is 10.7. The highest BCUT2D eigenvalue weighted by Gasteiger charge is 2.15. The second-order valence-electron chi connectivity index (χ2n) is 4.58. The van der Waals surface area contributed by atoms with Crippen LogP contribution in [-0.4, -0.2) is 23.0 Å². The molecule has 0 unspecified atom stereocenters. The molecule has 6 heteroatoms. The molecule has 0 bridgehead atoms. The number of carbonyl (C=O) groups excluding carboxylic acids is 1. The van der Waals surface area contributed by atoms with Crippen molar-refractivity contribution in [2.45, 2.75) is 0 Å². The number of thioether (sulfide) groups is 1. The van der Waals surface area contributed by atoms with Crippen LogP contribution < -0.4 is 5.32 Å². The van der Waals surface area contributed by atoms with Crippen LogP contribution in [0.25, 0.3) is 11.1 Å². The second kappa shape index (κ2) is 6.53. The Morgan fingerprint density at radius 1 is 1.18 bits per heavy atom. The van der Waals surface area contributed by atoms with Crippen LogP contribution in [-0.2, 0) is 4.79 Å². The van der Waals surface area contributed by atoms with Gasteiger partial charge in [-0.1, -0.05) is 48.2 Å². The van der Waals surface area contributed by atoms with Crippen molar-refractivity contribution in [3.8, 4) is 11.1 Å². The van der Waals surface area contributed by atoms with E-state index in [0.29, 0.717) is 10.9 Å². The molecule has 1 aliphatic heterocycles. The van der Waals surface area contributed by atoms with Gasteiger partial charge in [0, 0.05) is 5.56 Å². The van der Waals surface area contributed by atoms with Crippen LogP contribution in [0.4, 0.5) is 4.39 Å². The van der Waals surface area contributed by atoms with Gasteiger partial charge < -0.3 is 5.32 Å². The molecule has 0 aromatic heterocycles. The summed E-state index contributed by atoms with van der Waals surface area (Å²) < 4.78 is 13.4. The lowest BCUT2D eigenvalue weighted by molar-refractivity contribution is -0.116. The van der Waals surface area contributed by atoms with Crippen LogP contribution >= 0.6 is 11.8 Å². The Hall–Kier alpha value is -2.47. The normalized spacial score (nSPS) is 16.4. The summed E-state index contributed by atoms with van der Waals surface area (Å²) in [7, 11) is 0. The summed E-state index contributed by atoms with van der Waals surface area (Å²) in [6.07, 6.45) is 1.60. The summed E-state index contributed by atoms with van der Waals surface area (Å²) in [6, 6.07) is 13.9. The third-order valence-corrected chi connectivity index (χ3v) is 3.89. The van der Waals surface area contributed by atoms with Crippen molar-refractivity contribution in [2.75, 3.05) is 5.75 Å². The first kappa shape index (κ1) is 14.5. The smallest absolute Gasteiger partial charge is 0.236 e. The molecule has 2 aromatic carbocycles. The van der Waals surface area contributed by atoms with Gasteiger partial charge in [0.15, 0.2) is 5.17 Å². The molecule has 1 N–H and O–H groups in total. The van der Waals surface area contributed by atoms with Crippen molar-refractivity contribution in [3.63, 3.8) is 0 Å². The Morgan fingerprint density at radius 3 is 2.82 bits per heavy atom. The van der Waals surface area contributed by atoms with E-state index in [1.165, 1.54) is 23.9 Å². The second-order valence-corrected chi connectivity index (χ2v) is 5.55. The number of nitrogens with one attached hydrogen (secondary N) is 1. The van der Waals surface area contributed by atoms with E-state index in [9.17, 15) is 9.18 Å². The number of amidine groups is 1. The zero-order valence-corrected chi connectivity index (χ0v) is 12.3. The van der Waals surface area contributed by atoms with E-state index >= 15 is 0 Å². The lowest BCUT2D eigenvalue weighted by atomic mass is 10.0. The fourth-order valence-electron chi connectivity index (χ4n) is 2.05. The van der Waals surface area contributed by atoms with Crippen molar-refractivity contribution in [1.29, 1.82) is 0 Å². The molecule has 22 heavy (non-hydrogen) atoms. The van der Waals surface area contributed by atoms with Crippen LogP contribution in [0.15, 0.2) is 58.7 Å². The average molecular weight is 313 g/mol. The predicted molar refractivity (Wildman–Crippen MR) is 87.5 cm³/mol. The van der Waals surface area contributed by atoms with E-state index in [1.54, 1.807) is 12.3 Å². The third-order valence-electron chi connectivity index (χ3n) is 3.03. The highest BCUT2D eigenvalue weighted by Crippen LogP contribution is 2.23.